The Bertz CT molecular complexity index is 774. The zero-order valence-corrected chi connectivity index (χ0v) is 15.6. The van der Waals surface area contributed by atoms with Gasteiger partial charge in [0.2, 0.25) is 5.91 Å². The summed E-state index contributed by atoms with van der Waals surface area (Å²) < 4.78 is 0. The Labute approximate surface area is 149 Å². The van der Waals surface area contributed by atoms with Gasteiger partial charge in [0.25, 0.3) is 0 Å². The standard InChI is InChI=1S/C19H27N5O/c1-5-15-16(6-2)22-18-17(21-15)10-14(11-20-18)24-9-7-8-13(12-24)19(25)23(3)4/h10-11,13H,5-9,12H2,1-4H3/t13-/m1/s1. The van der Waals surface area contributed by atoms with Crippen LogP contribution in [0.15, 0.2) is 12.3 Å². The van der Waals surface area contributed by atoms with Gasteiger partial charge >= 0.3 is 0 Å². The molecule has 0 aromatic carbocycles. The van der Waals surface area contributed by atoms with E-state index in [2.05, 4.69) is 34.8 Å². The van der Waals surface area contributed by atoms with Crippen molar-refractivity contribution >= 4 is 22.8 Å². The zero-order valence-electron chi connectivity index (χ0n) is 15.6. The van der Waals surface area contributed by atoms with Gasteiger partial charge in [-0.3, -0.25) is 4.79 Å². The molecule has 2 aromatic heterocycles. The Morgan fingerprint density at radius 2 is 1.96 bits per heavy atom. The highest BCUT2D eigenvalue weighted by Crippen LogP contribution is 2.25. The third kappa shape index (κ3) is 3.57. The summed E-state index contributed by atoms with van der Waals surface area (Å²) in [4.78, 5) is 30.2. The number of hydrogen-bond donors (Lipinski definition) is 0. The Balaban J connectivity index is 1.89. The molecule has 6 nitrogen and oxygen atoms in total. The molecule has 0 saturated carbocycles. The van der Waals surface area contributed by atoms with Gasteiger partial charge in [0.05, 0.1) is 29.2 Å². The summed E-state index contributed by atoms with van der Waals surface area (Å²) in [5, 5.41) is 0. The number of hydrogen-bond acceptors (Lipinski definition) is 5. The van der Waals surface area contributed by atoms with Crippen LogP contribution in [0, 0.1) is 5.92 Å². The number of nitrogens with zero attached hydrogens (tertiary/aromatic N) is 5. The molecule has 0 spiro atoms. The molecule has 1 aliphatic rings. The van der Waals surface area contributed by atoms with E-state index in [1.165, 1.54) is 0 Å². The van der Waals surface area contributed by atoms with Crippen LogP contribution in [0.1, 0.15) is 38.1 Å². The van der Waals surface area contributed by atoms with Crippen LogP contribution < -0.4 is 4.90 Å². The minimum Gasteiger partial charge on any atom is -0.369 e. The minimum atomic E-state index is 0.0548. The Kier molecular flexibility index (Phi) is 5.16. The number of anilines is 1. The second-order valence-corrected chi connectivity index (χ2v) is 6.88. The summed E-state index contributed by atoms with van der Waals surface area (Å²) in [6, 6.07) is 2.07. The van der Waals surface area contributed by atoms with Gasteiger partial charge in [-0.2, -0.15) is 0 Å². The lowest BCUT2D eigenvalue weighted by atomic mass is 9.96. The van der Waals surface area contributed by atoms with Gasteiger partial charge in [-0.05, 0) is 31.7 Å². The smallest absolute Gasteiger partial charge is 0.226 e. The number of aromatic nitrogens is 3. The summed E-state index contributed by atoms with van der Waals surface area (Å²) >= 11 is 0. The average molecular weight is 341 g/mol. The maximum absolute atomic E-state index is 12.3. The number of carbonyl (C=O) groups is 1. The lowest BCUT2D eigenvalue weighted by Crippen LogP contribution is -2.42. The first-order valence-electron chi connectivity index (χ1n) is 9.15. The van der Waals surface area contributed by atoms with E-state index in [1.807, 2.05) is 20.3 Å². The molecule has 0 N–H and O–H groups in total. The lowest BCUT2D eigenvalue weighted by Gasteiger charge is -2.34. The monoisotopic (exact) mass is 341 g/mol. The summed E-state index contributed by atoms with van der Waals surface area (Å²) in [6.07, 6.45) is 5.58. The summed E-state index contributed by atoms with van der Waals surface area (Å²) in [5.74, 6) is 0.262. The second-order valence-electron chi connectivity index (χ2n) is 6.88. The van der Waals surface area contributed by atoms with Crippen molar-refractivity contribution in [3.05, 3.63) is 23.7 Å². The summed E-state index contributed by atoms with van der Waals surface area (Å²) in [6.45, 7) is 5.89. The lowest BCUT2D eigenvalue weighted by molar-refractivity contribution is -0.133. The van der Waals surface area contributed by atoms with Crippen LogP contribution in [-0.2, 0) is 17.6 Å². The molecule has 1 atom stereocenters. The van der Waals surface area contributed by atoms with E-state index in [4.69, 9.17) is 4.98 Å². The molecule has 134 valence electrons. The largest absolute Gasteiger partial charge is 0.369 e. The summed E-state index contributed by atoms with van der Waals surface area (Å²) in [5.41, 5.74) is 4.66. The fraction of sp³-hybridized carbons (Fsp3) is 0.579. The molecule has 2 aromatic rings. The van der Waals surface area contributed by atoms with Gasteiger partial charge in [-0.25, -0.2) is 15.0 Å². The topological polar surface area (TPSA) is 62.2 Å². The fourth-order valence-electron chi connectivity index (χ4n) is 3.52. The molecule has 3 rings (SSSR count). The highest BCUT2D eigenvalue weighted by atomic mass is 16.2. The highest BCUT2D eigenvalue weighted by molar-refractivity contribution is 5.80. The molecule has 0 radical (unpaired) electrons. The van der Waals surface area contributed by atoms with E-state index in [0.717, 1.165) is 61.4 Å². The van der Waals surface area contributed by atoms with Gasteiger partial charge in [0.1, 0.15) is 5.52 Å². The molecular formula is C19H27N5O. The van der Waals surface area contributed by atoms with Crippen LogP contribution in [0.4, 0.5) is 5.69 Å². The minimum absolute atomic E-state index is 0.0548. The van der Waals surface area contributed by atoms with Crippen molar-refractivity contribution in [2.24, 2.45) is 5.92 Å². The normalized spacial score (nSPS) is 17.8. The molecule has 1 aliphatic heterocycles. The molecule has 0 aliphatic carbocycles. The third-order valence-electron chi connectivity index (χ3n) is 4.91. The molecule has 3 heterocycles. The number of fused-ring (bicyclic) bond motifs is 1. The second kappa shape index (κ2) is 7.33. The van der Waals surface area contributed by atoms with Crippen LogP contribution in [0.3, 0.4) is 0 Å². The predicted molar refractivity (Wildman–Crippen MR) is 99.7 cm³/mol. The quantitative estimate of drug-likeness (QED) is 0.855. The third-order valence-corrected chi connectivity index (χ3v) is 4.91. The number of aryl methyl sites for hydroxylation is 2. The van der Waals surface area contributed by atoms with Crippen molar-refractivity contribution < 1.29 is 4.79 Å². The van der Waals surface area contributed by atoms with Crippen LogP contribution in [0.25, 0.3) is 11.2 Å². The molecule has 0 unspecified atom stereocenters. The van der Waals surface area contributed by atoms with Gasteiger partial charge in [-0.1, -0.05) is 13.8 Å². The summed E-state index contributed by atoms with van der Waals surface area (Å²) in [7, 11) is 3.65. The fourth-order valence-corrected chi connectivity index (χ4v) is 3.52. The van der Waals surface area contributed by atoms with E-state index in [-0.39, 0.29) is 11.8 Å². The maximum Gasteiger partial charge on any atom is 0.226 e. The molecule has 1 saturated heterocycles. The van der Waals surface area contributed by atoms with E-state index in [1.54, 1.807) is 4.90 Å². The van der Waals surface area contributed by atoms with Gasteiger partial charge in [0, 0.05) is 27.2 Å². The Morgan fingerprint density at radius 3 is 2.64 bits per heavy atom. The van der Waals surface area contributed by atoms with Gasteiger partial charge < -0.3 is 9.80 Å². The number of pyridine rings is 1. The van der Waals surface area contributed by atoms with E-state index >= 15 is 0 Å². The van der Waals surface area contributed by atoms with Crippen LogP contribution >= 0.6 is 0 Å². The van der Waals surface area contributed by atoms with Crippen molar-refractivity contribution in [2.45, 2.75) is 39.5 Å². The van der Waals surface area contributed by atoms with E-state index < -0.39 is 0 Å². The number of amides is 1. The van der Waals surface area contributed by atoms with Crippen molar-refractivity contribution in [3.63, 3.8) is 0 Å². The highest BCUT2D eigenvalue weighted by Gasteiger charge is 2.27. The van der Waals surface area contributed by atoms with Crippen LogP contribution in [0.2, 0.25) is 0 Å². The van der Waals surface area contributed by atoms with E-state index in [0.29, 0.717) is 5.65 Å². The molecule has 1 fully saturated rings. The number of rotatable bonds is 4. The zero-order chi connectivity index (χ0) is 18.0. The van der Waals surface area contributed by atoms with Gasteiger partial charge in [0.15, 0.2) is 5.65 Å². The van der Waals surface area contributed by atoms with Crippen molar-refractivity contribution in [2.75, 3.05) is 32.1 Å². The molecular weight excluding hydrogens is 314 g/mol. The van der Waals surface area contributed by atoms with Crippen molar-refractivity contribution in [3.8, 4) is 0 Å². The Morgan fingerprint density at radius 1 is 1.24 bits per heavy atom. The molecule has 6 heteroatoms. The van der Waals surface area contributed by atoms with Gasteiger partial charge in [-0.15, -0.1) is 0 Å². The molecule has 25 heavy (non-hydrogen) atoms. The first kappa shape index (κ1) is 17.6. The van der Waals surface area contributed by atoms with E-state index in [9.17, 15) is 4.79 Å². The molecule has 0 bridgehead atoms. The number of piperidine rings is 1. The molecule has 1 amide bonds. The maximum atomic E-state index is 12.3. The first-order valence-corrected chi connectivity index (χ1v) is 9.15. The SMILES string of the molecule is CCc1nc2cc(N3CCC[C@@H](C(=O)N(C)C)C3)cnc2nc1CC. The van der Waals surface area contributed by atoms with Crippen molar-refractivity contribution in [1.29, 1.82) is 0 Å². The Hall–Kier alpha value is -2.24. The average Bonchev–Trinajstić information content (AvgIpc) is 2.65. The van der Waals surface area contributed by atoms with Crippen molar-refractivity contribution in [1.82, 2.24) is 19.9 Å². The predicted octanol–water partition coefficient (Wildman–Crippen LogP) is 2.45. The van der Waals surface area contributed by atoms with Crippen LogP contribution in [0.5, 0.6) is 0 Å². The van der Waals surface area contributed by atoms with Crippen LogP contribution in [-0.4, -0.2) is 52.9 Å². The number of carbonyl (C=O) groups excluding carboxylic acids is 1. The first-order chi connectivity index (χ1) is 12.0.